The van der Waals surface area contributed by atoms with E-state index < -0.39 is 5.60 Å². The van der Waals surface area contributed by atoms with E-state index in [2.05, 4.69) is 28.2 Å². The molecule has 2 atom stereocenters. The van der Waals surface area contributed by atoms with E-state index in [-0.39, 0.29) is 18.4 Å². The van der Waals surface area contributed by atoms with Crippen LogP contribution in [0.25, 0.3) is 33.5 Å². The summed E-state index contributed by atoms with van der Waals surface area (Å²) in [5, 5.41) is 6.00. The molecule has 1 saturated carbocycles. The minimum absolute atomic E-state index is 0.141. The van der Waals surface area contributed by atoms with E-state index in [9.17, 15) is 4.79 Å². The Labute approximate surface area is 257 Å². The normalized spacial score (nSPS) is 20.9. The highest BCUT2D eigenvalue weighted by Crippen LogP contribution is 2.40. The maximum Gasteiger partial charge on any atom is 0.410 e. The molecule has 3 aromatic heterocycles. The van der Waals surface area contributed by atoms with Crippen molar-refractivity contribution in [2.75, 3.05) is 19.7 Å². The van der Waals surface area contributed by atoms with Crippen LogP contribution in [0.3, 0.4) is 0 Å². The third kappa shape index (κ3) is 6.24. The predicted molar refractivity (Wildman–Crippen MR) is 164 cm³/mol. The predicted octanol–water partition coefficient (Wildman–Crippen LogP) is 6.31. The molecule has 11 nitrogen and oxygen atoms in total. The van der Waals surface area contributed by atoms with E-state index >= 15 is 0 Å². The van der Waals surface area contributed by atoms with Gasteiger partial charge in [0.1, 0.15) is 23.1 Å². The maximum absolute atomic E-state index is 12.7. The summed E-state index contributed by atoms with van der Waals surface area (Å²) in [5.74, 6) is 0.917. The molecule has 0 bridgehead atoms. The second kappa shape index (κ2) is 11.8. The van der Waals surface area contributed by atoms with E-state index in [4.69, 9.17) is 29.3 Å². The van der Waals surface area contributed by atoms with E-state index in [1.807, 2.05) is 37.8 Å². The Hall–Kier alpha value is -4.12. The molecule has 11 heteroatoms. The van der Waals surface area contributed by atoms with Crippen molar-refractivity contribution >= 4 is 17.0 Å². The van der Waals surface area contributed by atoms with Gasteiger partial charge in [-0.1, -0.05) is 6.07 Å². The first-order valence-electron chi connectivity index (χ1n) is 15.7. The van der Waals surface area contributed by atoms with E-state index in [1.54, 1.807) is 17.3 Å². The first-order chi connectivity index (χ1) is 21.3. The number of amides is 1. The van der Waals surface area contributed by atoms with Gasteiger partial charge in [0.15, 0.2) is 6.23 Å². The molecule has 230 valence electrons. The van der Waals surface area contributed by atoms with Crippen LogP contribution in [-0.2, 0) is 9.47 Å². The molecule has 3 fully saturated rings. The highest BCUT2D eigenvalue weighted by Gasteiger charge is 2.30. The van der Waals surface area contributed by atoms with Crippen molar-refractivity contribution in [3.05, 3.63) is 48.7 Å². The zero-order chi connectivity index (χ0) is 30.3. The lowest BCUT2D eigenvalue weighted by atomic mass is 10.1. The smallest absolute Gasteiger partial charge is 0.410 e. The Morgan fingerprint density at radius 2 is 1.80 bits per heavy atom. The van der Waals surface area contributed by atoms with Crippen LogP contribution < -0.4 is 4.74 Å². The second-order valence-electron chi connectivity index (χ2n) is 13.0. The maximum atomic E-state index is 12.7. The zero-order valence-electron chi connectivity index (χ0n) is 25.6. The van der Waals surface area contributed by atoms with Gasteiger partial charge in [-0.15, -0.1) is 0 Å². The highest BCUT2D eigenvalue weighted by molar-refractivity contribution is 5.95. The van der Waals surface area contributed by atoms with Crippen LogP contribution in [0.4, 0.5) is 4.79 Å². The summed E-state index contributed by atoms with van der Waals surface area (Å²) < 4.78 is 20.0. The number of carbonyl (C=O) groups excluding carboxylic acids is 1. The lowest BCUT2D eigenvalue weighted by molar-refractivity contribution is -0.0365. The van der Waals surface area contributed by atoms with Gasteiger partial charge in [-0.05, 0) is 77.8 Å². The summed E-state index contributed by atoms with van der Waals surface area (Å²) >= 11 is 0. The molecule has 3 aliphatic rings. The summed E-state index contributed by atoms with van der Waals surface area (Å²) in [4.78, 5) is 33.1. The lowest BCUT2D eigenvalue weighted by Gasteiger charge is -2.33. The van der Waals surface area contributed by atoms with Crippen LogP contribution in [-0.4, -0.2) is 72.1 Å². The van der Waals surface area contributed by atoms with Gasteiger partial charge in [-0.3, -0.25) is 9.97 Å². The third-order valence-electron chi connectivity index (χ3n) is 8.25. The SMILES string of the molecule is CC(C)(C)OC(=O)N1CCCC(Oc2cncc(-c3nn(C4CCCCO4)c4ccc(-c5cncc(C6CC6)n5)cc34)n2)C1. The Kier molecular flexibility index (Phi) is 7.65. The van der Waals surface area contributed by atoms with Gasteiger partial charge in [0.25, 0.3) is 0 Å². The highest BCUT2D eigenvalue weighted by atomic mass is 16.6. The summed E-state index contributed by atoms with van der Waals surface area (Å²) in [6.07, 6.45) is 13.4. The summed E-state index contributed by atoms with van der Waals surface area (Å²) in [6, 6.07) is 6.29. The summed E-state index contributed by atoms with van der Waals surface area (Å²) in [5.41, 5.74) is 4.61. The number of fused-ring (bicyclic) bond motifs is 1. The molecule has 0 spiro atoms. The van der Waals surface area contributed by atoms with Gasteiger partial charge in [0.2, 0.25) is 5.88 Å². The minimum Gasteiger partial charge on any atom is -0.471 e. The molecule has 2 aliphatic heterocycles. The molecule has 7 rings (SSSR count). The van der Waals surface area contributed by atoms with Gasteiger partial charge < -0.3 is 19.1 Å². The minimum atomic E-state index is -0.550. The van der Waals surface area contributed by atoms with Crippen molar-refractivity contribution in [3.8, 4) is 28.5 Å². The molecule has 5 heterocycles. The molecule has 44 heavy (non-hydrogen) atoms. The lowest BCUT2D eigenvalue weighted by Crippen LogP contribution is -2.46. The summed E-state index contributed by atoms with van der Waals surface area (Å²) in [7, 11) is 0. The van der Waals surface area contributed by atoms with E-state index in [0.717, 1.165) is 60.0 Å². The molecule has 0 N–H and O–H groups in total. The van der Waals surface area contributed by atoms with Crippen LogP contribution in [0, 0.1) is 0 Å². The van der Waals surface area contributed by atoms with Crippen LogP contribution in [0.5, 0.6) is 5.88 Å². The Balaban J connectivity index is 1.20. The monoisotopic (exact) mass is 597 g/mol. The average molecular weight is 598 g/mol. The number of likely N-dealkylation sites (tertiary alicyclic amines) is 1. The zero-order valence-corrected chi connectivity index (χ0v) is 25.6. The van der Waals surface area contributed by atoms with Gasteiger partial charge in [-0.2, -0.15) is 5.10 Å². The Morgan fingerprint density at radius 1 is 0.955 bits per heavy atom. The van der Waals surface area contributed by atoms with Crippen molar-refractivity contribution < 1.29 is 19.0 Å². The van der Waals surface area contributed by atoms with Crippen LogP contribution in [0.2, 0.25) is 0 Å². The number of nitrogens with zero attached hydrogens (tertiary/aromatic N) is 7. The second-order valence-corrected chi connectivity index (χ2v) is 13.0. The average Bonchev–Trinajstić information content (AvgIpc) is 3.81. The fourth-order valence-corrected chi connectivity index (χ4v) is 5.94. The van der Waals surface area contributed by atoms with Crippen molar-refractivity contribution in [1.29, 1.82) is 0 Å². The van der Waals surface area contributed by atoms with Crippen molar-refractivity contribution in [2.24, 2.45) is 0 Å². The fourth-order valence-electron chi connectivity index (χ4n) is 5.94. The molecule has 1 amide bonds. The molecule has 1 aromatic carbocycles. The number of hydrogen-bond donors (Lipinski definition) is 0. The number of hydrogen-bond acceptors (Lipinski definition) is 9. The Morgan fingerprint density at radius 3 is 2.59 bits per heavy atom. The molecule has 2 unspecified atom stereocenters. The number of piperidine rings is 1. The largest absolute Gasteiger partial charge is 0.471 e. The number of rotatable bonds is 6. The van der Waals surface area contributed by atoms with E-state index in [0.29, 0.717) is 42.9 Å². The van der Waals surface area contributed by atoms with Gasteiger partial charge >= 0.3 is 6.09 Å². The van der Waals surface area contributed by atoms with Crippen LogP contribution >= 0.6 is 0 Å². The molecular weight excluding hydrogens is 558 g/mol. The molecule has 1 aliphatic carbocycles. The number of ether oxygens (including phenoxy) is 3. The van der Waals surface area contributed by atoms with Gasteiger partial charge in [-0.25, -0.2) is 19.4 Å². The quantitative estimate of drug-likeness (QED) is 0.252. The number of benzene rings is 1. The molecule has 0 radical (unpaired) electrons. The topological polar surface area (TPSA) is 117 Å². The molecular formula is C33H39N7O4. The standard InChI is InChI=1S/C33H39N7O4/c1-33(2,3)44-32(41)39-13-6-7-23(20-39)43-29-19-35-18-27(37-29)31-24-15-22(26-17-34-16-25(36-26)21-9-10-21)11-12-28(24)40(38-31)30-8-4-5-14-42-30/h11-12,15-19,21,23,30H,4-10,13-14,20H2,1-3H3. The first-order valence-corrected chi connectivity index (χ1v) is 15.7. The van der Waals surface area contributed by atoms with Crippen molar-refractivity contribution in [1.82, 2.24) is 34.6 Å². The van der Waals surface area contributed by atoms with Crippen molar-refractivity contribution in [3.63, 3.8) is 0 Å². The van der Waals surface area contributed by atoms with Crippen LogP contribution in [0.1, 0.15) is 83.6 Å². The van der Waals surface area contributed by atoms with Crippen molar-refractivity contribution in [2.45, 2.75) is 89.6 Å². The van der Waals surface area contributed by atoms with E-state index in [1.165, 1.54) is 12.8 Å². The number of aromatic nitrogens is 6. The molecule has 2 saturated heterocycles. The molecule has 4 aromatic rings. The van der Waals surface area contributed by atoms with Crippen LogP contribution in [0.15, 0.2) is 43.0 Å². The van der Waals surface area contributed by atoms with Gasteiger partial charge in [0, 0.05) is 36.2 Å². The number of carbonyl (C=O) groups is 1. The van der Waals surface area contributed by atoms with Gasteiger partial charge in [0.05, 0.1) is 42.0 Å². The Bertz CT molecular complexity index is 1660. The summed E-state index contributed by atoms with van der Waals surface area (Å²) in [6.45, 7) is 7.41. The third-order valence-corrected chi connectivity index (χ3v) is 8.25. The fraction of sp³-hybridized carbons (Fsp3) is 0.515. The first kappa shape index (κ1) is 28.6.